The van der Waals surface area contributed by atoms with Gasteiger partial charge in [0.15, 0.2) is 0 Å². The van der Waals surface area contributed by atoms with E-state index >= 15 is 0 Å². The summed E-state index contributed by atoms with van der Waals surface area (Å²) >= 11 is 2.87. The van der Waals surface area contributed by atoms with Gasteiger partial charge in [0.2, 0.25) is 5.16 Å². The van der Waals surface area contributed by atoms with Crippen molar-refractivity contribution in [3.05, 3.63) is 70.8 Å². The highest BCUT2D eigenvalue weighted by atomic mass is 32.2. The van der Waals surface area contributed by atoms with Crippen LogP contribution in [0.3, 0.4) is 0 Å². The third kappa shape index (κ3) is 4.04. The number of tetrazole rings is 1. The molecule has 0 saturated heterocycles. The minimum atomic E-state index is -0.152. The fourth-order valence-electron chi connectivity index (χ4n) is 3.38. The molecule has 5 rings (SSSR count). The minimum absolute atomic E-state index is 0.126. The number of thiophene rings is 1. The van der Waals surface area contributed by atoms with Gasteiger partial charge in [0, 0.05) is 11.3 Å². The molecule has 1 aromatic carbocycles. The minimum Gasteiger partial charge on any atom is -0.497 e. The maximum atomic E-state index is 13.2. The Morgan fingerprint density at radius 1 is 1.25 bits per heavy atom. The van der Waals surface area contributed by atoms with Crippen molar-refractivity contribution in [2.45, 2.75) is 17.6 Å². The molecule has 4 aromatic rings. The molecule has 0 bridgehead atoms. The topological polar surface area (TPSA) is 98.6 Å². The highest BCUT2D eigenvalue weighted by Crippen LogP contribution is 2.36. The van der Waals surface area contributed by atoms with Crippen LogP contribution in [0.1, 0.15) is 23.1 Å². The fourth-order valence-corrected chi connectivity index (χ4v) is 4.94. The maximum Gasteiger partial charge on any atom is 0.253 e. The van der Waals surface area contributed by atoms with Crippen LogP contribution in [-0.4, -0.2) is 49.7 Å². The van der Waals surface area contributed by atoms with E-state index in [0.717, 1.165) is 22.0 Å². The van der Waals surface area contributed by atoms with E-state index in [1.807, 2.05) is 53.9 Å². The Labute approximate surface area is 191 Å². The van der Waals surface area contributed by atoms with Gasteiger partial charge in [-0.25, -0.2) is 5.01 Å². The van der Waals surface area contributed by atoms with E-state index < -0.39 is 0 Å². The van der Waals surface area contributed by atoms with E-state index in [1.165, 1.54) is 11.8 Å². The first-order valence-corrected chi connectivity index (χ1v) is 11.6. The van der Waals surface area contributed by atoms with Crippen molar-refractivity contribution in [1.82, 2.24) is 25.2 Å². The summed E-state index contributed by atoms with van der Waals surface area (Å²) in [5.74, 6) is 1.44. The lowest BCUT2D eigenvalue weighted by Crippen LogP contribution is -2.28. The zero-order valence-corrected chi connectivity index (χ0v) is 18.6. The Balaban J connectivity index is 1.33. The van der Waals surface area contributed by atoms with Gasteiger partial charge in [0.1, 0.15) is 17.2 Å². The van der Waals surface area contributed by atoms with Crippen LogP contribution in [0.25, 0.3) is 5.69 Å². The molecule has 1 atom stereocenters. The smallest absolute Gasteiger partial charge is 0.253 e. The molecular formula is C21H18N6O3S2. The molecule has 0 aliphatic carbocycles. The second-order valence-electron chi connectivity index (χ2n) is 6.86. The third-order valence-corrected chi connectivity index (χ3v) is 6.80. The fraction of sp³-hybridized carbons (Fsp3) is 0.190. The average Bonchev–Trinajstić information content (AvgIpc) is 3.63. The summed E-state index contributed by atoms with van der Waals surface area (Å²) in [5, 5.41) is 20.6. The van der Waals surface area contributed by atoms with Crippen molar-refractivity contribution in [1.29, 1.82) is 0 Å². The molecule has 0 fully saturated rings. The van der Waals surface area contributed by atoms with Crippen LogP contribution in [0.2, 0.25) is 0 Å². The molecule has 1 aliphatic heterocycles. The Bertz CT molecular complexity index is 1220. The second-order valence-corrected chi connectivity index (χ2v) is 8.78. The van der Waals surface area contributed by atoms with Crippen molar-refractivity contribution in [3.8, 4) is 11.4 Å². The van der Waals surface area contributed by atoms with Crippen molar-refractivity contribution in [2.24, 2.45) is 5.10 Å². The van der Waals surface area contributed by atoms with Gasteiger partial charge in [-0.05, 0) is 58.3 Å². The van der Waals surface area contributed by atoms with Gasteiger partial charge in [0.25, 0.3) is 5.91 Å². The van der Waals surface area contributed by atoms with Crippen LogP contribution in [0, 0.1) is 0 Å². The summed E-state index contributed by atoms with van der Waals surface area (Å²) in [7, 11) is 1.61. The van der Waals surface area contributed by atoms with Crippen molar-refractivity contribution >= 4 is 34.7 Å². The molecule has 0 N–H and O–H groups in total. The van der Waals surface area contributed by atoms with Gasteiger partial charge < -0.3 is 9.15 Å². The number of hydrogen-bond donors (Lipinski definition) is 0. The average molecular weight is 467 g/mol. The molecule has 0 radical (unpaired) electrons. The lowest BCUT2D eigenvalue weighted by Gasteiger charge is -2.20. The first-order chi connectivity index (χ1) is 15.7. The van der Waals surface area contributed by atoms with Crippen molar-refractivity contribution < 1.29 is 13.9 Å². The summed E-state index contributed by atoms with van der Waals surface area (Å²) < 4.78 is 12.3. The molecule has 9 nitrogen and oxygen atoms in total. The third-order valence-electron chi connectivity index (χ3n) is 4.93. The highest BCUT2D eigenvalue weighted by Gasteiger charge is 2.34. The summed E-state index contributed by atoms with van der Waals surface area (Å²) in [4.78, 5) is 14.3. The lowest BCUT2D eigenvalue weighted by atomic mass is 10.1. The summed E-state index contributed by atoms with van der Waals surface area (Å²) in [6.45, 7) is 0. The molecule has 0 saturated carbocycles. The molecular weight excluding hydrogens is 448 g/mol. The molecule has 1 amide bonds. The van der Waals surface area contributed by atoms with Crippen LogP contribution in [0.4, 0.5) is 0 Å². The van der Waals surface area contributed by atoms with Gasteiger partial charge in [-0.1, -0.05) is 17.8 Å². The van der Waals surface area contributed by atoms with E-state index in [-0.39, 0.29) is 17.7 Å². The van der Waals surface area contributed by atoms with Gasteiger partial charge in [0.05, 0.1) is 30.9 Å². The summed E-state index contributed by atoms with van der Waals surface area (Å²) in [5.41, 5.74) is 1.54. The predicted octanol–water partition coefficient (Wildman–Crippen LogP) is 3.80. The number of rotatable bonds is 7. The van der Waals surface area contributed by atoms with Gasteiger partial charge >= 0.3 is 0 Å². The summed E-state index contributed by atoms with van der Waals surface area (Å²) in [6, 6.07) is 14.9. The largest absolute Gasteiger partial charge is 0.497 e. The zero-order chi connectivity index (χ0) is 21.9. The number of nitrogens with zero attached hydrogens (tertiary/aromatic N) is 6. The van der Waals surface area contributed by atoms with E-state index in [4.69, 9.17) is 9.15 Å². The first kappa shape index (κ1) is 20.5. The number of hydrogen-bond acceptors (Lipinski definition) is 9. The Kier molecular flexibility index (Phi) is 5.73. The zero-order valence-electron chi connectivity index (χ0n) is 17.0. The van der Waals surface area contributed by atoms with E-state index in [1.54, 1.807) is 34.4 Å². The monoisotopic (exact) mass is 466 g/mol. The number of furan rings is 1. The van der Waals surface area contributed by atoms with E-state index in [2.05, 4.69) is 20.6 Å². The number of hydrazone groups is 1. The number of aromatic nitrogens is 4. The normalized spacial score (nSPS) is 15.7. The van der Waals surface area contributed by atoms with Crippen LogP contribution in [-0.2, 0) is 4.79 Å². The van der Waals surface area contributed by atoms with Crippen LogP contribution in [0.5, 0.6) is 5.75 Å². The number of amides is 1. The molecule has 0 spiro atoms. The molecule has 162 valence electrons. The molecule has 11 heteroatoms. The van der Waals surface area contributed by atoms with E-state index in [0.29, 0.717) is 17.3 Å². The van der Waals surface area contributed by atoms with Crippen LogP contribution < -0.4 is 4.74 Å². The SMILES string of the molecule is COc1ccc(-n2nnnc2SCC(=O)N2N=C(c3ccco3)C[C@@H]2c2cccs2)cc1. The Hall–Kier alpha value is -3.44. The molecule has 32 heavy (non-hydrogen) atoms. The number of methoxy groups -OCH3 is 1. The number of ether oxygens (including phenoxy) is 1. The summed E-state index contributed by atoms with van der Waals surface area (Å²) in [6.07, 6.45) is 2.21. The predicted molar refractivity (Wildman–Crippen MR) is 120 cm³/mol. The molecule has 1 aliphatic rings. The Morgan fingerprint density at radius 3 is 2.84 bits per heavy atom. The molecule has 4 heterocycles. The molecule has 3 aromatic heterocycles. The Morgan fingerprint density at radius 2 is 2.12 bits per heavy atom. The van der Waals surface area contributed by atoms with Gasteiger partial charge in [-0.2, -0.15) is 9.78 Å². The first-order valence-electron chi connectivity index (χ1n) is 9.75. The van der Waals surface area contributed by atoms with E-state index in [9.17, 15) is 4.79 Å². The maximum absolute atomic E-state index is 13.2. The second kappa shape index (κ2) is 8.97. The lowest BCUT2D eigenvalue weighted by molar-refractivity contribution is -0.130. The van der Waals surface area contributed by atoms with Gasteiger partial charge in [-0.15, -0.1) is 16.4 Å². The number of thioether (sulfide) groups is 1. The van der Waals surface area contributed by atoms with Crippen molar-refractivity contribution in [2.75, 3.05) is 12.9 Å². The number of carbonyl (C=O) groups is 1. The van der Waals surface area contributed by atoms with Crippen molar-refractivity contribution in [3.63, 3.8) is 0 Å². The van der Waals surface area contributed by atoms with Gasteiger partial charge in [-0.3, -0.25) is 4.79 Å². The number of benzene rings is 1. The number of carbonyl (C=O) groups excluding carboxylic acids is 1. The van der Waals surface area contributed by atoms with Crippen LogP contribution in [0.15, 0.2) is 74.8 Å². The van der Waals surface area contributed by atoms with Crippen LogP contribution >= 0.6 is 23.1 Å². The quantitative estimate of drug-likeness (QED) is 0.382. The molecule has 0 unspecified atom stereocenters. The highest BCUT2D eigenvalue weighted by molar-refractivity contribution is 7.99. The standard InChI is InChI=1S/C21H18N6O3S2/c1-29-15-8-6-14(7-9-15)26-21(22-24-25-26)32-13-20(28)27-17(19-5-3-11-31-19)12-16(23-27)18-4-2-10-30-18/h2-11,17H,12-13H2,1H3/t17-/m1/s1.